The smallest absolute Gasteiger partial charge is 0.129 e. The molecule has 0 radical (unpaired) electrons. The molecule has 0 bridgehead atoms. The first-order valence-electron chi connectivity index (χ1n) is 6.20. The largest absolute Gasteiger partial charge is 0.384 e. The number of halogens is 1. The minimum absolute atomic E-state index is 0.316. The normalized spacial score (nSPS) is 12.3. The quantitative estimate of drug-likeness (QED) is 0.914. The molecule has 0 aromatic heterocycles. The molecule has 0 aliphatic carbocycles. The minimum atomic E-state index is -0.945. The third-order valence-corrected chi connectivity index (χ3v) is 3.15. The summed E-state index contributed by atoms with van der Waals surface area (Å²) in [6.45, 7) is 1.88. The second-order valence-electron chi connectivity index (χ2n) is 4.92. The topological polar surface area (TPSA) is 23.5 Å². The number of nitrogens with zero attached hydrogens (tertiary/aromatic N) is 1. The second kappa shape index (κ2) is 5.41. The molecule has 0 aliphatic heterocycles. The molecule has 0 heterocycles. The average molecular weight is 259 g/mol. The van der Waals surface area contributed by atoms with E-state index in [0.717, 1.165) is 11.3 Å². The molecule has 100 valence electrons. The maximum atomic E-state index is 13.8. The standard InChI is InChI=1S/C16H18FNO/c1-11-7-8-15(17)14(9-11)16(19)12-5-4-6-13(10-12)18(2)3/h4-10,16,19H,1-3H3. The molecule has 2 nitrogen and oxygen atoms in total. The molecule has 0 amide bonds. The van der Waals surface area contributed by atoms with Gasteiger partial charge in [0, 0.05) is 25.3 Å². The van der Waals surface area contributed by atoms with Gasteiger partial charge >= 0.3 is 0 Å². The Bertz CT molecular complexity index is 581. The SMILES string of the molecule is Cc1ccc(F)c(C(O)c2cccc(N(C)C)c2)c1. The Morgan fingerprint density at radius 1 is 1.11 bits per heavy atom. The highest BCUT2D eigenvalue weighted by Crippen LogP contribution is 2.27. The molecular formula is C16H18FNO. The molecule has 0 saturated heterocycles. The van der Waals surface area contributed by atoms with E-state index >= 15 is 0 Å². The Labute approximate surface area is 113 Å². The number of hydrogen-bond acceptors (Lipinski definition) is 2. The summed E-state index contributed by atoms with van der Waals surface area (Å²) >= 11 is 0. The van der Waals surface area contributed by atoms with Gasteiger partial charge in [0.05, 0.1) is 0 Å². The third-order valence-electron chi connectivity index (χ3n) is 3.15. The fraction of sp³-hybridized carbons (Fsp3) is 0.250. The van der Waals surface area contributed by atoms with Gasteiger partial charge in [-0.2, -0.15) is 0 Å². The van der Waals surface area contributed by atoms with Gasteiger partial charge in [0.2, 0.25) is 0 Å². The van der Waals surface area contributed by atoms with Crippen LogP contribution < -0.4 is 4.90 Å². The lowest BCUT2D eigenvalue weighted by atomic mass is 9.99. The van der Waals surface area contributed by atoms with Crippen LogP contribution in [0.2, 0.25) is 0 Å². The fourth-order valence-electron chi connectivity index (χ4n) is 2.03. The summed E-state index contributed by atoms with van der Waals surface area (Å²) in [5.74, 6) is -0.381. The molecular weight excluding hydrogens is 241 g/mol. The summed E-state index contributed by atoms with van der Waals surface area (Å²) < 4.78 is 13.8. The van der Waals surface area contributed by atoms with Crippen molar-refractivity contribution < 1.29 is 9.50 Å². The fourth-order valence-corrected chi connectivity index (χ4v) is 2.03. The molecule has 2 rings (SSSR count). The maximum absolute atomic E-state index is 13.8. The predicted molar refractivity (Wildman–Crippen MR) is 76.0 cm³/mol. The van der Waals surface area contributed by atoms with E-state index in [1.807, 2.05) is 44.1 Å². The molecule has 1 unspecified atom stereocenters. The third kappa shape index (κ3) is 2.93. The van der Waals surface area contributed by atoms with Gasteiger partial charge in [-0.15, -0.1) is 0 Å². The highest BCUT2D eigenvalue weighted by Gasteiger charge is 2.15. The van der Waals surface area contributed by atoms with E-state index in [-0.39, 0.29) is 5.82 Å². The van der Waals surface area contributed by atoms with Crippen molar-refractivity contribution in [1.82, 2.24) is 0 Å². The van der Waals surface area contributed by atoms with Crippen molar-refractivity contribution in [3.8, 4) is 0 Å². The van der Waals surface area contributed by atoms with Crippen molar-refractivity contribution in [2.75, 3.05) is 19.0 Å². The van der Waals surface area contributed by atoms with Crippen molar-refractivity contribution in [3.05, 3.63) is 65.0 Å². The van der Waals surface area contributed by atoms with Gasteiger partial charge in [-0.05, 0) is 30.7 Å². The first kappa shape index (κ1) is 13.6. The lowest BCUT2D eigenvalue weighted by Gasteiger charge is -2.17. The van der Waals surface area contributed by atoms with E-state index in [0.29, 0.717) is 11.1 Å². The zero-order valence-corrected chi connectivity index (χ0v) is 11.4. The van der Waals surface area contributed by atoms with Gasteiger partial charge in [0.15, 0.2) is 0 Å². The number of anilines is 1. The Morgan fingerprint density at radius 2 is 1.84 bits per heavy atom. The van der Waals surface area contributed by atoms with Gasteiger partial charge in [-0.1, -0.05) is 29.8 Å². The van der Waals surface area contributed by atoms with Crippen LogP contribution in [-0.2, 0) is 0 Å². The van der Waals surface area contributed by atoms with E-state index in [1.54, 1.807) is 18.2 Å². The molecule has 2 aromatic carbocycles. The van der Waals surface area contributed by atoms with Gasteiger partial charge in [0.25, 0.3) is 0 Å². The van der Waals surface area contributed by atoms with Crippen LogP contribution in [0.5, 0.6) is 0 Å². The van der Waals surface area contributed by atoms with Crippen molar-refractivity contribution >= 4 is 5.69 Å². The number of aliphatic hydroxyl groups excluding tert-OH is 1. The number of aliphatic hydroxyl groups is 1. The van der Waals surface area contributed by atoms with Gasteiger partial charge in [-0.3, -0.25) is 0 Å². The molecule has 0 aliphatic rings. The zero-order valence-electron chi connectivity index (χ0n) is 11.4. The maximum Gasteiger partial charge on any atom is 0.129 e. The molecule has 0 spiro atoms. The monoisotopic (exact) mass is 259 g/mol. The lowest BCUT2D eigenvalue weighted by Crippen LogP contribution is -2.10. The summed E-state index contributed by atoms with van der Waals surface area (Å²) in [6, 6.07) is 12.3. The number of rotatable bonds is 3. The van der Waals surface area contributed by atoms with Crippen LogP contribution in [0.4, 0.5) is 10.1 Å². The van der Waals surface area contributed by atoms with Crippen molar-refractivity contribution in [3.63, 3.8) is 0 Å². The van der Waals surface area contributed by atoms with Gasteiger partial charge in [-0.25, -0.2) is 4.39 Å². The molecule has 19 heavy (non-hydrogen) atoms. The van der Waals surface area contributed by atoms with E-state index in [2.05, 4.69) is 0 Å². The lowest BCUT2D eigenvalue weighted by molar-refractivity contribution is 0.215. The van der Waals surface area contributed by atoms with E-state index in [1.165, 1.54) is 6.07 Å². The zero-order chi connectivity index (χ0) is 14.0. The van der Waals surface area contributed by atoms with Crippen LogP contribution in [0.1, 0.15) is 22.8 Å². The summed E-state index contributed by atoms with van der Waals surface area (Å²) in [5.41, 5.74) is 2.91. The molecule has 2 aromatic rings. The number of hydrogen-bond donors (Lipinski definition) is 1. The molecule has 1 N–H and O–H groups in total. The van der Waals surface area contributed by atoms with Crippen LogP contribution in [0.3, 0.4) is 0 Å². The molecule has 0 fully saturated rings. The highest BCUT2D eigenvalue weighted by atomic mass is 19.1. The van der Waals surface area contributed by atoms with E-state index < -0.39 is 6.10 Å². The predicted octanol–water partition coefficient (Wildman–Crippen LogP) is 3.28. The average Bonchev–Trinajstić information content (AvgIpc) is 2.41. The van der Waals surface area contributed by atoms with Gasteiger partial charge in [0.1, 0.15) is 11.9 Å². The molecule has 1 atom stereocenters. The minimum Gasteiger partial charge on any atom is -0.384 e. The molecule has 0 saturated carbocycles. The van der Waals surface area contributed by atoms with E-state index in [4.69, 9.17) is 0 Å². The number of benzene rings is 2. The second-order valence-corrected chi connectivity index (χ2v) is 4.92. The van der Waals surface area contributed by atoms with E-state index in [9.17, 15) is 9.50 Å². The Balaban J connectivity index is 2.41. The van der Waals surface area contributed by atoms with Crippen molar-refractivity contribution in [1.29, 1.82) is 0 Å². The van der Waals surface area contributed by atoms with Crippen LogP contribution in [0.25, 0.3) is 0 Å². The van der Waals surface area contributed by atoms with Crippen LogP contribution in [0.15, 0.2) is 42.5 Å². The first-order chi connectivity index (χ1) is 8.99. The summed E-state index contributed by atoms with van der Waals surface area (Å²) in [4.78, 5) is 1.95. The first-order valence-corrected chi connectivity index (χ1v) is 6.20. The van der Waals surface area contributed by atoms with Gasteiger partial charge < -0.3 is 10.0 Å². The van der Waals surface area contributed by atoms with Crippen molar-refractivity contribution in [2.24, 2.45) is 0 Å². The molecule has 3 heteroatoms. The summed E-state index contributed by atoms with van der Waals surface area (Å²) in [6.07, 6.45) is -0.945. The van der Waals surface area contributed by atoms with Crippen LogP contribution >= 0.6 is 0 Å². The number of aryl methyl sites for hydroxylation is 1. The summed E-state index contributed by atoms with van der Waals surface area (Å²) in [7, 11) is 3.86. The Kier molecular flexibility index (Phi) is 3.86. The Morgan fingerprint density at radius 3 is 2.53 bits per heavy atom. The van der Waals surface area contributed by atoms with Crippen LogP contribution in [0, 0.1) is 12.7 Å². The summed E-state index contributed by atoms with van der Waals surface area (Å²) in [5, 5.41) is 10.3. The Hall–Kier alpha value is -1.87. The van der Waals surface area contributed by atoms with Crippen LogP contribution in [-0.4, -0.2) is 19.2 Å². The highest BCUT2D eigenvalue weighted by molar-refractivity contribution is 5.49. The van der Waals surface area contributed by atoms with Crippen molar-refractivity contribution in [2.45, 2.75) is 13.0 Å².